The number of benzene rings is 1. The van der Waals surface area contributed by atoms with Crippen molar-refractivity contribution < 1.29 is 9.47 Å². The summed E-state index contributed by atoms with van der Waals surface area (Å²) < 4.78 is 11.2. The molecule has 1 aromatic rings. The van der Waals surface area contributed by atoms with Crippen LogP contribution in [-0.4, -0.2) is 19.8 Å². The molecule has 1 rings (SSSR count). The van der Waals surface area contributed by atoms with Crippen molar-refractivity contribution in [2.24, 2.45) is 11.7 Å². The van der Waals surface area contributed by atoms with Gasteiger partial charge in [-0.25, -0.2) is 0 Å². The Balaban J connectivity index is 2.27. The molecule has 0 atom stereocenters. The maximum atomic E-state index is 5.69. The molecule has 18 heavy (non-hydrogen) atoms. The number of hydrogen-bond acceptors (Lipinski definition) is 3. The molecule has 0 unspecified atom stereocenters. The lowest BCUT2D eigenvalue weighted by atomic mass is 10.1. The fourth-order valence-electron chi connectivity index (χ4n) is 1.64. The van der Waals surface area contributed by atoms with Crippen molar-refractivity contribution in [3.8, 4) is 5.75 Å². The van der Waals surface area contributed by atoms with E-state index in [0.717, 1.165) is 24.3 Å². The van der Waals surface area contributed by atoms with Crippen LogP contribution in [0.1, 0.15) is 31.4 Å². The van der Waals surface area contributed by atoms with Gasteiger partial charge < -0.3 is 15.2 Å². The van der Waals surface area contributed by atoms with Gasteiger partial charge in [-0.2, -0.15) is 0 Å². The SMILES string of the molecule is Cc1ccc(OCCOCCC(C)C)c(CN)c1. The second-order valence-electron chi connectivity index (χ2n) is 4.96. The number of rotatable bonds is 8. The van der Waals surface area contributed by atoms with Crippen LogP contribution in [0, 0.1) is 12.8 Å². The number of aryl methyl sites for hydroxylation is 1. The molecule has 0 spiro atoms. The molecular formula is C15H25NO2. The highest BCUT2D eigenvalue weighted by atomic mass is 16.5. The average molecular weight is 251 g/mol. The van der Waals surface area contributed by atoms with Crippen molar-refractivity contribution in [2.75, 3.05) is 19.8 Å². The van der Waals surface area contributed by atoms with E-state index in [4.69, 9.17) is 15.2 Å². The molecule has 0 aliphatic heterocycles. The third kappa shape index (κ3) is 5.52. The van der Waals surface area contributed by atoms with Crippen molar-refractivity contribution in [1.29, 1.82) is 0 Å². The summed E-state index contributed by atoms with van der Waals surface area (Å²) in [6.07, 6.45) is 1.10. The summed E-state index contributed by atoms with van der Waals surface area (Å²) in [5.74, 6) is 1.56. The molecule has 3 heteroatoms. The summed E-state index contributed by atoms with van der Waals surface area (Å²) >= 11 is 0. The van der Waals surface area contributed by atoms with E-state index in [1.54, 1.807) is 0 Å². The molecule has 0 aromatic heterocycles. The van der Waals surface area contributed by atoms with Gasteiger partial charge in [-0.3, -0.25) is 0 Å². The first-order valence-electron chi connectivity index (χ1n) is 6.63. The molecular weight excluding hydrogens is 226 g/mol. The highest BCUT2D eigenvalue weighted by molar-refractivity contribution is 5.36. The van der Waals surface area contributed by atoms with E-state index in [2.05, 4.69) is 26.8 Å². The quantitative estimate of drug-likeness (QED) is 0.722. The van der Waals surface area contributed by atoms with Crippen LogP contribution in [0.4, 0.5) is 0 Å². The molecule has 0 fully saturated rings. The number of ether oxygens (including phenoxy) is 2. The predicted molar refractivity (Wildman–Crippen MR) is 74.8 cm³/mol. The Morgan fingerprint density at radius 1 is 1.17 bits per heavy atom. The van der Waals surface area contributed by atoms with Crippen LogP contribution in [0.15, 0.2) is 18.2 Å². The molecule has 0 bridgehead atoms. The zero-order chi connectivity index (χ0) is 13.4. The maximum absolute atomic E-state index is 5.69. The largest absolute Gasteiger partial charge is 0.491 e. The van der Waals surface area contributed by atoms with Gasteiger partial charge in [0.1, 0.15) is 12.4 Å². The second-order valence-corrected chi connectivity index (χ2v) is 4.96. The topological polar surface area (TPSA) is 44.5 Å². The van der Waals surface area contributed by atoms with Gasteiger partial charge in [-0.1, -0.05) is 31.5 Å². The Morgan fingerprint density at radius 3 is 2.61 bits per heavy atom. The molecule has 3 nitrogen and oxygen atoms in total. The lowest BCUT2D eigenvalue weighted by molar-refractivity contribution is 0.0923. The van der Waals surface area contributed by atoms with Crippen LogP contribution in [-0.2, 0) is 11.3 Å². The minimum atomic E-state index is 0.505. The van der Waals surface area contributed by atoms with E-state index in [1.165, 1.54) is 5.56 Å². The summed E-state index contributed by atoms with van der Waals surface area (Å²) in [6.45, 7) is 8.96. The molecule has 0 amide bonds. The molecule has 0 saturated carbocycles. The van der Waals surface area contributed by atoms with E-state index in [0.29, 0.717) is 25.7 Å². The Hall–Kier alpha value is -1.06. The van der Waals surface area contributed by atoms with Crippen LogP contribution < -0.4 is 10.5 Å². The molecule has 0 saturated heterocycles. The van der Waals surface area contributed by atoms with E-state index in [1.807, 2.05) is 12.1 Å². The standard InChI is InChI=1S/C15H25NO2/c1-12(2)6-7-17-8-9-18-15-5-4-13(3)10-14(15)11-16/h4-5,10,12H,6-9,11,16H2,1-3H3. The van der Waals surface area contributed by atoms with Crippen LogP contribution in [0.25, 0.3) is 0 Å². The van der Waals surface area contributed by atoms with Gasteiger partial charge in [0.2, 0.25) is 0 Å². The molecule has 102 valence electrons. The third-order valence-corrected chi connectivity index (χ3v) is 2.76. The smallest absolute Gasteiger partial charge is 0.123 e. The zero-order valence-corrected chi connectivity index (χ0v) is 11.7. The van der Waals surface area contributed by atoms with Gasteiger partial charge in [0.15, 0.2) is 0 Å². The van der Waals surface area contributed by atoms with Crippen LogP contribution in [0.3, 0.4) is 0 Å². The first kappa shape index (κ1) is 15.0. The monoisotopic (exact) mass is 251 g/mol. The van der Waals surface area contributed by atoms with Crippen LogP contribution >= 0.6 is 0 Å². The second kappa shape index (κ2) is 8.11. The van der Waals surface area contributed by atoms with Crippen molar-refractivity contribution >= 4 is 0 Å². The minimum Gasteiger partial charge on any atom is -0.491 e. The van der Waals surface area contributed by atoms with Gasteiger partial charge in [0.05, 0.1) is 6.61 Å². The van der Waals surface area contributed by atoms with Crippen LogP contribution in [0.5, 0.6) is 5.75 Å². The molecule has 0 aliphatic rings. The summed E-state index contributed by atoms with van der Waals surface area (Å²) in [7, 11) is 0. The Kier molecular flexibility index (Phi) is 6.76. The van der Waals surface area contributed by atoms with Gasteiger partial charge in [0.25, 0.3) is 0 Å². The summed E-state index contributed by atoms with van der Waals surface area (Å²) in [5, 5.41) is 0. The predicted octanol–water partition coefficient (Wildman–Crippen LogP) is 2.90. The molecule has 0 heterocycles. The highest BCUT2D eigenvalue weighted by Crippen LogP contribution is 2.19. The lowest BCUT2D eigenvalue weighted by Crippen LogP contribution is -2.10. The van der Waals surface area contributed by atoms with E-state index >= 15 is 0 Å². The van der Waals surface area contributed by atoms with Crippen molar-refractivity contribution in [3.63, 3.8) is 0 Å². The normalized spacial score (nSPS) is 10.9. The van der Waals surface area contributed by atoms with Gasteiger partial charge in [-0.05, 0) is 25.3 Å². The van der Waals surface area contributed by atoms with Crippen molar-refractivity contribution in [2.45, 2.75) is 33.7 Å². The molecule has 2 N–H and O–H groups in total. The number of hydrogen-bond donors (Lipinski definition) is 1. The van der Waals surface area contributed by atoms with Gasteiger partial charge in [0, 0.05) is 18.7 Å². The van der Waals surface area contributed by atoms with Gasteiger partial charge in [-0.15, -0.1) is 0 Å². The average Bonchev–Trinajstić information content (AvgIpc) is 2.34. The molecule has 1 aromatic carbocycles. The lowest BCUT2D eigenvalue weighted by Gasteiger charge is -2.11. The first-order chi connectivity index (χ1) is 8.63. The maximum Gasteiger partial charge on any atom is 0.123 e. The van der Waals surface area contributed by atoms with Gasteiger partial charge >= 0.3 is 0 Å². The van der Waals surface area contributed by atoms with E-state index in [9.17, 15) is 0 Å². The summed E-state index contributed by atoms with van der Waals surface area (Å²) in [5.41, 5.74) is 7.95. The third-order valence-electron chi connectivity index (χ3n) is 2.76. The summed E-state index contributed by atoms with van der Waals surface area (Å²) in [6, 6.07) is 6.08. The molecule has 0 radical (unpaired) electrons. The van der Waals surface area contributed by atoms with Crippen LogP contribution in [0.2, 0.25) is 0 Å². The Labute approximate surface area is 110 Å². The fraction of sp³-hybridized carbons (Fsp3) is 0.600. The molecule has 0 aliphatic carbocycles. The Morgan fingerprint density at radius 2 is 1.94 bits per heavy atom. The Bertz CT molecular complexity index is 350. The summed E-state index contributed by atoms with van der Waals surface area (Å²) in [4.78, 5) is 0. The van der Waals surface area contributed by atoms with E-state index < -0.39 is 0 Å². The zero-order valence-electron chi connectivity index (χ0n) is 11.7. The first-order valence-corrected chi connectivity index (χ1v) is 6.63. The van der Waals surface area contributed by atoms with Crippen molar-refractivity contribution in [1.82, 2.24) is 0 Å². The number of nitrogens with two attached hydrogens (primary N) is 1. The minimum absolute atomic E-state index is 0.505. The van der Waals surface area contributed by atoms with Crippen molar-refractivity contribution in [3.05, 3.63) is 29.3 Å². The highest BCUT2D eigenvalue weighted by Gasteiger charge is 2.02. The fourth-order valence-corrected chi connectivity index (χ4v) is 1.64. The van der Waals surface area contributed by atoms with E-state index in [-0.39, 0.29) is 0 Å².